The Balaban J connectivity index is 1.73. The lowest BCUT2D eigenvalue weighted by Crippen LogP contribution is -2.22. The number of halogens is 1. The quantitative estimate of drug-likeness (QED) is 0.419. The van der Waals surface area contributed by atoms with Crippen LogP contribution in [0.1, 0.15) is 11.1 Å². The fourth-order valence-electron chi connectivity index (χ4n) is 3.58. The summed E-state index contributed by atoms with van der Waals surface area (Å²) in [5, 5.41) is 9.74. The van der Waals surface area contributed by atoms with E-state index >= 15 is 0 Å². The number of aromatic nitrogens is 5. The molecular formula is C24H18ClN5O. The van der Waals surface area contributed by atoms with Crippen molar-refractivity contribution in [2.24, 2.45) is 0 Å². The van der Waals surface area contributed by atoms with Gasteiger partial charge in [0.1, 0.15) is 0 Å². The summed E-state index contributed by atoms with van der Waals surface area (Å²) in [5.41, 5.74) is 5.90. The Morgan fingerprint density at radius 2 is 1.61 bits per heavy atom. The average Bonchev–Trinajstić information content (AvgIpc) is 3.11. The number of hydrogen-bond donors (Lipinski definition) is 0. The molecule has 0 amide bonds. The van der Waals surface area contributed by atoms with Crippen LogP contribution in [0.3, 0.4) is 0 Å². The molecule has 31 heavy (non-hydrogen) atoms. The summed E-state index contributed by atoms with van der Waals surface area (Å²) >= 11 is 6.08. The second-order valence-corrected chi connectivity index (χ2v) is 7.77. The van der Waals surface area contributed by atoms with Gasteiger partial charge in [0.25, 0.3) is 0 Å². The maximum Gasteiger partial charge on any atom is 0.367 e. The Labute approximate surface area is 183 Å². The number of benzene rings is 2. The first-order valence-electron chi connectivity index (χ1n) is 9.81. The Kier molecular flexibility index (Phi) is 4.84. The van der Waals surface area contributed by atoms with Crippen LogP contribution in [0.2, 0.25) is 5.02 Å². The first kappa shape index (κ1) is 19.2. The third-order valence-corrected chi connectivity index (χ3v) is 5.44. The van der Waals surface area contributed by atoms with Gasteiger partial charge in [0.2, 0.25) is 0 Å². The van der Waals surface area contributed by atoms with Crippen LogP contribution in [0, 0.1) is 6.92 Å². The highest BCUT2D eigenvalue weighted by atomic mass is 35.5. The molecule has 7 heteroatoms. The SMILES string of the molecule is Cc1ccc(Cn2nc3c(-c4ccncc4)c(-c4ccc(Cl)cc4)cnn3c2=O)cc1. The van der Waals surface area contributed by atoms with Crippen molar-refractivity contribution >= 4 is 17.2 Å². The zero-order chi connectivity index (χ0) is 21.4. The van der Waals surface area contributed by atoms with E-state index in [1.165, 1.54) is 14.8 Å². The molecule has 152 valence electrons. The summed E-state index contributed by atoms with van der Waals surface area (Å²) in [7, 11) is 0. The lowest BCUT2D eigenvalue weighted by molar-refractivity contribution is 0.650. The van der Waals surface area contributed by atoms with Crippen LogP contribution in [0.25, 0.3) is 27.9 Å². The Hall–Kier alpha value is -3.77. The Morgan fingerprint density at radius 3 is 2.32 bits per heavy atom. The molecule has 0 N–H and O–H groups in total. The van der Waals surface area contributed by atoms with Crippen LogP contribution in [-0.2, 0) is 6.54 Å². The molecule has 2 aromatic carbocycles. The van der Waals surface area contributed by atoms with E-state index < -0.39 is 0 Å². The summed E-state index contributed by atoms with van der Waals surface area (Å²) < 4.78 is 2.80. The van der Waals surface area contributed by atoms with Crippen molar-refractivity contribution < 1.29 is 0 Å². The molecule has 0 atom stereocenters. The van der Waals surface area contributed by atoms with Crippen LogP contribution in [0.15, 0.2) is 84.0 Å². The highest BCUT2D eigenvalue weighted by Gasteiger charge is 2.18. The molecule has 0 radical (unpaired) electrons. The fourth-order valence-corrected chi connectivity index (χ4v) is 3.71. The number of pyridine rings is 1. The van der Waals surface area contributed by atoms with Crippen molar-refractivity contribution in [1.29, 1.82) is 0 Å². The summed E-state index contributed by atoms with van der Waals surface area (Å²) in [6, 6.07) is 19.4. The fraction of sp³-hybridized carbons (Fsp3) is 0.0833. The third kappa shape index (κ3) is 3.62. The molecule has 0 saturated carbocycles. The maximum absolute atomic E-state index is 13.0. The van der Waals surface area contributed by atoms with Gasteiger partial charge in [-0.25, -0.2) is 9.48 Å². The van der Waals surface area contributed by atoms with Crippen molar-refractivity contribution in [2.75, 3.05) is 0 Å². The minimum atomic E-state index is -0.284. The minimum Gasteiger partial charge on any atom is -0.265 e. The van der Waals surface area contributed by atoms with E-state index in [1.807, 2.05) is 67.6 Å². The largest absolute Gasteiger partial charge is 0.367 e. The molecule has 0 aliphatic rings. The van der Waals surface area contributed by atoms with Crippen molar-refractivity contribution in [3.05, 3.63) is 106 Å². The van der Waals surface area contributed by atoms with Crippen LogP contribution < -0.4 is 5.69 Å². The highest BCUT2D eigenvalue weighted by molar-refractivity contribution is 6.30. The van der Waals surface area contributed by atoms with Crippen molar-refractivity contribution in [2.45, 2.75) is 13.5 Å². The maximum atomic E-state index is 13.0. The van der Waals surface area contributed by atoms with E-state index in [9.17, 15) is 4.79 Å². The molecule has 3 aromatic heterocycles. The summed E-state index contributed by atoms with van der Waals surface area (Å²) in [4.78, 5) is 17.2. The molecule has 0 fully saturated rings. The summed E-state index contributed by atoms with van der Waals surface area (Å²) in [5.74, 6) is 0. The summed E-state index contributed by atoms with van der Waals surface area (Å²) in [6.07, 6.45) is 5.14. The second kappa shape index (κ2) is 7.81. The topological polar surface area (TPSA) is 65.1 Å². The van der Waals surface area contributed by atoms with Crippen LogP contribution in [0.5, 0.6) is 0 Å². The lowest BCUT2D eigenvalue weighted by Gasteiger charge is -2.10. The van der Waals surface area contributed by atoms with Gasteiger partial charge in [0.15, 0.2) is 5.65 Å². The first-order valence-corrected chi connectivity index (χ1v) is 10.2. The number of nitrogens with zero attached hydrogens (tertiary/aromatic N) is 5. The molecule has 0 aliphatic heterocycles. The van der Waals surface area contributed by atoms with E-state index in [4.69, 9.17) is 11.6 Å². The zero-order valence-electron chi connectivity index (χ0n) is 16.7. The van der Waals surface area contributed by atoms with E-state index in [0.717, 1.165) is 27.8 Å². The molecule has 6 nitrogen and oxygen atoms in total. The molecule has 0 unspecified atom stereocenters. The molecule has 3 heterocycles. The van der Waals surface area contributed by atoms with E-state index in [1.54, 1.807) is 18.6 Å². The number of aryl methyl sites for hydroxylation is 1. The van der Waals surface area contributed by atoms with Gasteiger partial charge in [-0.05, 0) is 47.9 Å². The number of hydrogen-bond acceptors (Lipinski definition) is 4. The predicted octanol–water partition coefficient (Wildman–Crippen LogP) is 4.63. The van der Waals surface area contributed by atoms with Crippen molar-refractivity contribution in [3.63, 3.8) is 0 Å². The van der Waals surface area contributed by atoms with Crippen LogP contribution in [0.4, 0.5) is 0 Å². The van der Waals surface area contributed by atoms with E-state index in [2.05, 4.69) is 15.2 Å². The monoisotopic (exact) mass is 427 g/mol. The number of rotatable bonds is 4. The third-order valence-electron chi connectivity index (χ3n) is 5.19. The van der Waals surface area contributed by atoms with Gasteiger partial charge >= 0.3 is 5.69 Å². The first-order chi connectivity index (χ1) is 15.1. The predicted molar refractivity (Wildman–Crippen MR) is 121 cm³/mol. The molecule has 0 saturated heterocycles. The zero-order valence-corrected chi connectivity index (χ0v) is 17.5. The minimum absolute atomic E-state index is 0.284. The second-order valence-electron chi connectivity index (χ2n) is 7.34. The summed E-state index contributed by atoms with van der Waals surface area (Å²) in [6.45, 7) is 2.40. The van der Waals surface area contributed by atoms with Gasteiger partial charge in [-0.3, -0.25) is 4.98 Å². The standard InChI is InChI=1S/C24H18ClN5O/c1-16-2-4-17(5-3-16)15-29-24(31)30-23(28-29)22(19-10-12-26-13-11-19)21(14-27-30)18-6-8-20(25)9-7-18/h2-14H,15H2,1H3. The average molecular weight is 428 g/mol. The van der Waals surface area contributed by atoms with E-state index in [0.29, 0.717) is 17.2 Å². The molecule has 5 aromatic rings. The van der Waals surface area contributed by atoms with Crippen molar-refractivity contribution in [3.8, 4) is 22.3 Å². The van der Waals surface area contributed by atoms with Gasteiger partial charge < -0.3 is 0 Å². The molecule has 0 spiro atoms. The molecule has 0 aliphatic carbocycles. The Bertz CT molecular complexity index is 1420. The highest BCUT2D eigenvalue weighted by Crippen LogP contribution is 2.34. The van der Waals surface area contributed by atoms with Crippen molar-refractivity contribution in [1.82, 2.24) is 24.4 Å². The van der Waals surface area contributed by atoms with Gasteiger partial charge in [0.05, 0.1) is 12.7 Å². The number of fused-ring (bicyclic) bond motifs is 1. The van der Waals surface area contributed by atoms with E-state index in [-0.39, 0.29) is 5.69 Å². The van der Waals surface area contributed by atoms with Gasteiger partial charge in [0, 0.05) is 28.5 Å². The van der Waals surface area contributed by atoms with Crippen LogP contribution in [-0.4, -0.2) is 24.4 Å². The van der Waals surface area contributed by atoms with Gasteiger partial charge in [-0.15, -0.1) is 5.10 Å². The Morgan fingerprint density at radius 1 is 0.903 bits per heavy atom. The van der Waals surface area contributed by atoms with Gasteiger partial charge in [-0.2, -0.15) is 9.61 Å². The smallest absolute Gasteiger partial charge is 0.265 e. The molecule has 0 bridgehead atoms. The van der Waals surface area contributed by atoms with Gasteiger partial charge in [-0.1, -0.05) is 53.6 Å². The normalized spacial score (nSPS) is 11.2. The molecule has 5 rings (SSSR count). The molecular weight excluding hydrogens is 410 g/mol. The lowest BCUT2D eigenvalue weighted by atomic mass is 9.98. The van der Waals surface area contributed by atoms with Crippen LogP contribution >= 0.6 is 11.6 Å².